The number of para-hydroxylation sites is 1. The van der Waals surface area contributed by atoms with Crippen LogP contribution < -0.4 is 10.6 Å². The molecular formula is C21H20N2. The maximum atomic E-state index is 3.52. The van der Waals surface area contributed by atoms with Gasteiger partial charge in [-0.15, -0.1) is 0 Å². The highest BCUT2D eigenvalue weighted by atomic mass is 14.9. The van der Waals surface area contributed by atoms with Crippen molar-refractivity contribution in [1.82, 2.24) is 0 Å². The highest BCUT2D eigenvalue weighted by Crippen LogP contribution is 2.30. The number of hydrogen-bond donors (Lipinski definition) is 2. The molecule has 0 aromatic heterocycles. The Morgan fingerprint density at radius 2 is 1.48 bits per heavy atom. The Kier molecular flexibility index (Phi) is 4.75. The average Bonchev–Trinajstić information content (AvgIpc) is 2.61. The Balaban J connectivity index is 1.89. The van der Waals surface area contributed by atoms with Gasteiger partial charge in [-0.3, -0.25) is 0 Å². The van der Waals surface area contributed by atoms with Crippen molar-refractivity contribution in [2.75, 3.05) is 10.6 Å². The first-order valence-electron chi connectivity index (χ1n) is 7.76. The lowest BCUT2D eigenvalue weighted by Gasteiger charge is -2.13. The first-order valence-corrected chi connectivity index (χ1v) is 7.76. The zero-order valence-electron chi connectivity index (χ0n) is 13.2. The third-order valence-corrected chi connectivity index (χ3v) is 3.57. The topological polar surface area (TPSA) is 24.1 Å². The minimum Gasteiger partial charge on any atom is -0.362 e. The van der Waals surface area contributed by atoms with Crippen LogP contribution in [-0.2, 0) is 0 Å². The minimum absolute atomic E-state index is 1.06. The summed E-state index contributed by atoms with van der Waals surface area (Å²) in [5.41, 5.74) is 5.62. The van der Waals surface area contributed by atoms with E-state index in [0.29, 0.717) is 0 Å². The number of benzene rings is 3. The largest absolute Gasteiger partial charge is 0.362 e. The molecule has 3 aromatic rings. The van der Waals surface area contributed by atoms with Crippen LogP contribution in [0.1, 0.15) is 6.92 Å². The number of allylic oxidation sites excluding steroid dienone is 1. The van der Waals surface area contributed by atoms with Gasteiger partial charge in [0.1, 0.15) is 0 Å². The molecule has 0 bridgehead atoms. The minimum atomic E-state index is 1.06. The van der Waals surface area contributed by atoms with Crippen molar-refractivity contribution in [2.24, 2.45) is 0 Å². The molecule has 0 aliphatic heterocycles. The first kappa shape index (κ1) is 14.9. The summed E-state index contributed by atoms with van der Waals surface area (Å²) < 4.78 is 0. The molecule has 3 rings (SSSR count). The summed E-state index contributed by atoms with van der Waals surface area (Å²) in [6.45, 7) is 1.99. The highest BCUT2D eigenvalue weighted by molar-refractivity contribution is 5.81. The molecule has 2 nitrogen and oxygen atoms in total. The fraction of sp³-hybridized carbons (Fsp3) is 0.0476. The second-order valence-corrected chi connectivity index (χ2v) is 5.26. The molecule has 0 aliphatic carbocycles. The van der Waals surface area contributed by atoms with E-state index in [1.165, 1.54) is 11.1 Å². The average molecular weight is 300 g/mol. The van der Waals surface area contributed by atoms with E-state index in [9.17, 15) is 0 Å². The molecule has 0 amide bonds. The maximum Gasteiger partial charge on any atom is 0.0463 e. The van der Waals surface area contributed by atoms with Crippen LogP contribution >= 0.6 is 0 Å². The zero-order valence-corrected chi connectivity index (χ0v) is 13.2. The van der Waals surface area contributed by atoms with Gasteiger partial charge in [-0.2, -0.15) is 0 Å². The lowest BCUT2D eigenvalue weighted by atomic mass is 10.0. The number of rotatable bonds is 5. The summed E-state index contributed by atoms with van der Waals surface area (Å²) in [5, 5.41) is 6.77. The predicted molar refractivity (Wildman–Crippen MR) is 100 cm³/mol. The van der Waals surface area contributed by atoms with E-state index in [-0.39, 0.29) is 0 Å². The molecule has 0 atom stereocenters. The predicted octanol–water partition coefficient (Wildman–Crippen LogP) is 6.04. The van der Waals surface area contributed by atoms with Crippen molar-refractivity contribution in [3.05, 3.63) is 91.1 Å². The van der Waals surface area contributed by atoms with E-state index in [2.05, 4.69) is 71.3 Å². The number of anilines is 3. The molecule has 0 saturated heterocycles. The number of nitrogens with one attached hydrogen (secondary N) is 2. The Morgan fingerprint density at radius 1 is 0.739 bits per heavy atom. The van der Waals surface area contributed by atoms with E-state index in [4.69, 9.17) is 0 Å². The lowest BCUT2D eigenvalue weighted by molar-refractivity contribution is 1.51. The van der Waals surface area contributed by atoms with Crippen LogP contribution in [0.25, 0.3) is 11.1 Å². The van der Waals surface area contributed by atoms with E-state index in [0.717, 1.165) is 17.1 Å². The Labute approximate surface area is 137 Å². The Bertz CT molecular complexity index is 792. The van der Waals surface area contributed by atoms with Gasteiger partial charge < -0.3 is 10.6 Å². The Hall–Kier alpha value is -3.00. The van der Waals surface area contributed by atoms with Gasteiger partial charge in [-0.25, -0.2) is 0 Å². The molecular weight excluding hydrogens is 280 g/mol. The third kappa shape index (κ3) is 3.80. The van der Waals surface area contributed by atoms with Crippen LogP contribution in [0.15, 0.2) is 91.1 Å². The van der Waals surface area contributed by atoms with E-state index in [1.54, 1.807) is 0 Å². The fourth-order valence-electron chi connectivity index (χ4n) is 2.48. The van der Waals surface area contributed by atoms with Crippen LogP contribution in [0.5, 0.6) is 0 Å². The van der Waals surface area contributed by atoms with Crippen molar-refractivity contribution < 1.29 is 0 Å². The van der Waals surface area contributed by atoms with Crippen LogP contribution in [0.2, 0.25) is 0 Å². The van der Waals surface area contributed by atoms with Crippen molar-refractivity contribution in [2.45, 2.75) is 6.92 Å². The van der Waals surface area contributed by atoms with Crippen LogP contribution in [0.3, 0.4) is 0 Å². The normalized spacial score (nSPS) is 10.7. The van der Waals surface area contributed by atoms with Crippen molar-refractivity contribution in [3.8, 4) is 11.1 Å². The summed E-state index contributed by atoms with van der Waals surface area (Å²) in [7, 11) is 0. The van der Waals surface area contributed by atoms with Gasteiger partial charge >= 0.3 is 0 Å². The summed E-state index contributed by atoms with van der Waals surface area (Å²) >= 11 is 0. The monoisotopic (exact) mass is 300 g/mol. The summed E-state index contributed by atoms with van der Waals surface area (Å²) in [4.78, 5) is 0. The van der Waals surface area contributed by atoms with Gasteiger partial charge in [-0.05, 0) is 43.0 Å². The van der Waals surface area contributed by atoms with Crippen molar-refractivity contribution >= 4 is 17.1 Å². The first-order chi connectivity index (χ1) is 11.4. The van der Waals surface area contributed by atoms with Gasteiger partial charge in [0.15, 0.2) is 0 Å². The molecule has 0 radical (unpaired) electrons. The van der Waals surface area contributed by atoms with Crippen molar-refractivity contribution in [1.29, 1.82) is 0 Å². The molecule has 0 heterocycles. The second kappa shape index (κ2) is 7.32. The molecule has 23 heavy (non-hydrogen) atoms. The molecule has 2 heteroatoms. The quantitative estimate of drug-likeness (QED) is 0.600. The van der Waals surface area contributed by atoms with Gasteiger partial charge in [0.2, 0.25) is 0 Å². The molecule has 114 valence electrons. The van der Waals surface area contributed by atoms with Gasteiger partial charge in [-0.1, -0.05) is 60.7 Å². The maximum absolute atomic E-state index is 3.52. The van der Waals surface area contributed by atoms with Gasteiger partial charge in [0.05, 0.1) is 0 Å². The zero-order chi connectivity index (χ0) is 15.9. The summed E-state index contributed by atoms with van der Waals surface area (Å²) in [6, 6.07) is 27.0. The van der Waals surface area contributed by atoms with E-state index >= 15 is 0 Å². The molecule has 0 fully saturated rings. The summed E-state index contributed by atoms with van der Waals surface area (Å²) in [6.07, 6.45) is 3.90. The highest BCUT2D eigenvalue weighted by Gasteiger charge is 2.04. The smallest absolute Gasteiger partial charge is 0.0463 e. The standard InChI is InChI=1S/C21H20N2/c1-2-15-22-18-11-8-12-19(16-18)23-21-14-7-6-13-20(21)17-9-4-3-5-10-17/h2-16,22-23H,1H3/b15-2+. The number of hydrogen-bond acceptors (Lipinski definition) is 2. The SMILES string of the molecule is C/C=C/Nc1cccc(Nc2ccccc2-c2ccccc2)c1. The molecule has 0 spiro atoms. The van der Waals surface area contributed by atoms with Crippen LogP contribution in [-0.4, -0.2) is 0 Å². The second-order valence-electron chi connectivity index (χ2n) is 5.26. The van der Waals surface area contributed by atoms with E-state index < -0.39 is 0 Å². The lowest BCUT2D eigenvalue weighted by Crippen LogP contribution is -1.94. The molecule has 3 aromatic carbocycles. The molecule has 0 aliphatic rings. The molecule has 0 saturated carbocycles. The van der Waals surface area contributed by atoms with E-state index in [1.807, 2.05) is 37.4 Å². The van der Waals surface area contributed by atoms with Crippen molar-refractivity contribution in [3.63, 3.8) is 0 Å². The summed E-state index contributed by atoms with van der Waals surface area (Å²) in [5.74, 6) is 0. The molecule has 0 unspecified atom stereocenters. The molecule has 2 N–H and O–H groups in total. The van der Waals surface area contributed by atoms with Crippen LogP contribution in [0.4, 0.5) is 17.1 Å². The van der Waals surface area contributed by atoms with Gasteiger partial charge in [0.25, 0.3) is 0 Å². The van der Waals surface area contributed by atoms with Gasteiger partial charge in [0, 0.05) is 22.6 Å². The Morgan fingerprint density at radius 3 is 2.30 bits per heavy atom. The van der Waals surface area contributed by atoms with Crippen LogP contribution in [0, 0.1) is 0 Å². The third-order valence-electron chi connectivity index (χ3n) is 3.57. The fourth-order valence-corrected chi connectivity index (χ4v) is 2.48.